The Hall–Kier alpha value is -6.91. The predicted molar refractivity (Wildman–Crippen MR) is 374 cm³/mol. The largest absolute Gasteiger partial charge is 0.374 e. The number of carbonyl (C=O) groups is 2. The van der Waals surface area contributed by atoms with Crippen LogP contribution in [0.15, 0.2) is 206 Å². The summed E-state index contributed by atoms with van der Waals surface area (Å²) >= 11 is 0. The van der Waals surface area contributed by atoms with E-state index >= 15 is 0 Å². The van der Waals surface area contributed by atoms with Crippen molar-refractivity contribution in [2.24, 2.45) is 0 Å². The molecule has 1 aliphatic rings. The van der Waals surface area contributed by atoms with E-state index in [2.05, 4.69) is 41.8 Å². The van der Waals surface area contributed by atoms with Gasteiger partial charge in [0.25, 0.3) is 5.91 Å². The molecule has 8 rings (SSSR count). The maximum absolute atomic E-state index is 14.8. The molecule has 0 aliphatic carbocycles. The molecule has 0 unspecified atom stereocenters. The van der Waals surface area contributed by atoms with Gasteiger partial charge in [-0.3, -0.25) is 9.59 Å². The molecule has 8 atom stereocenters. The number of benzene rings is 7. The third kappa shape index (κ3) is 28.4. The predicted octanol–water partition coefficient (Wildman–Crippen LogP) is 17.7. The van der Waals surface area contributed by atoms with Crippen molar-refractivity contribution >= 4 is 11.8 Å². The highest BCUT2D eigenvalue weighted by Crippen LogP contribution is 2.33. The number of hydrogen-bond acceptors (Lipinski definition) is 10. The van der Waals surface area contributed by atoms with Crippen LogP contribution in [-0.4, -0.2) is 80.5 Å². The molecule has 1 heterocycles. The molecule has 12 nitrogen and oxygen atoms in total. The molecule has 1 fully saturated rings. The van der Waals surface area contributed by atoms with Gasteiger partial charge in [-0.25, -0.2) is 4.39 Å². The quantitative estimate of drug-likeness (QED) is 0.0355. The molecule has 0 bridgehead atoms. The number of hydrogen-bond donors (Lipinski definition) is 2. The molecule has 1 aliphatic heterocycles. The Balaban J connectivity index is 1.07. The molecule has 13 heteroatoms. The summed E-state index contributed by atoms with van der Waals surface area (Å²) in [7, 11) is 0. The van der Waals surface area contributed by atoms with Crippen LogP contribution in [0.25, 0.3) is 0 Å². The Bertz CT molecular complexity index is 3080. The van der Waals surface area contributed by atoms with Crippen molar-refractivity contribution in [3.63, 3.8) is 0 Å². The normalized spacial score (nSPS) is 17.2. The number of amides is 2. The van der Waals surface area contributed by atoms with Gasteiger partial charge in [-0.2, -0.15) is 0 Å². The van der Waals surface area contributed by atoms with Crippen LogP contribution in [0.2, 0.25) is 0 Å². The highest BCUT2D eigenvalue weighted by atomic mass is 19.1. The second-order valence-corrected chi connectivity index (χ2v) is 25.2. The van der Waals surface area contributed by atoms with Gasteiger partial charge >= 0.3 is 0 Å². The van der Waals surface area contributed by atoms with Crippen LogP contribution in [0.1, 0.15) is 179 Å². The topological polar surface area (TPSA) is 132 Å². The van der Waals surface area contributed by atoms with Gasteiger partial charge in [-0.15, -0.1) is 0 Å². The fourth-order valence-electron chi connectivity index (χ4n) is 12.2. The van der Waals surface area contributed by atoms with Crippen LogP contribution in [0.3, 0.4) is 0 Å². The third-order valence-corrected chi connectivity index (χ3v) is 17.5. The molecule has 7 aromatic carbocycles. The molecule has 510 valence electrons. The minimum atomic E-state index is -1.05. The molecule has 95 heavy (non-hydrogen) atoms. The Morgan fingerprint density at radius 1 is 0.442 bits per heavy atom. The Kier molecular flexibility index (Phi) is 34.8. The third-order valence-electron chi connectivity index (χ3n) is 17.5. The average molecular weight is 1300 g/mol. The molecular weight excluding hydrogens is 1190 g/mol. The maximum Gasteiger partial charge on any atom is 0.251 e. The van der Waals surface area contributed by atoms with Gasteiger partial charge in [0.05, 0.1) is 65.0 Å². The van der Waals surface area contributed by atoms with E-state index in [1.54, 1.807) is 0 Å². The second kappa shape index (κ2) is 44.8. The van der Waals surface area contributed by atoms with Crippen molar-refractivity contribution in [2.75, 3.05) is 19.8 Å². The first-order chi connectivity index (χ1) is 46.9. The molecule has 0 radical (unpaired) electrons. The molecule has 7 aromatic rings. The smallest absolute Gasteiger partial charge is 0.251 e. The highest BCUT2D eigenvalue weighted by molar-refractivity contribution is 5.94. The van der Waals surface area contributed by atoms with Gasteiger partial charge in [0.15, 0.2) is 6.29 Å². The van der Waals surface area contributed by atoms with E-state index in [9.17, 15) is 14.0 Å². The van der Waals surface area contributed by atoms with E-state index < -0.39 is 49.0 Å². The number of ether oxygens (including phenoxy) is 8. The first kappa shape index (κ1) is 73.9. The van der Waals surface area contributed by atoms with Gasteiger partial charge < -0.3 is 48.5 Å². The lowest BCUT2D eigenvalue weighted by molar-refractivity contribution is -0.330. The van der Waals surface area contributed by atoms with E-state index in [1.807, 2.05) is 158 Å². The summed E-state index contributed by atoms with van der Waals surface area (Å²) in [6.07, 6.45) is 15.7. The lowest BCUT2D eigenvalue weighted by Crippen LogP contribution is -2.62. The Labute approximate surface area is 566 Å². The van der Waals surface area contributed by atoms with Crippen LogP contribution in [0, 0.1) is 5.82 Å². The molecule has 2 amide bonds. The van der Waals surface area contributed by atoms with E-state index in [0.717, 1.165) is 84.7 Å². The standard InChI is InChI=1S/C82H105FN2O10/c1-2-3-4-5-6-7-8-9-10-11-14-35-50-74(89-58-66-40-25-18-26-41-66)77(90-59-67-42-27-19-28-43-67)73(85-76(86)51-36-15-12-13-16-37-56-84-81(87)71-52-54-72(83)55-53-71)63-94-82-80(93-62-70-48-33-22-34-49-70)79(92-61-69-46-31-21-32-47-69)78(91-60-68-44-29-20-30-45-68)75(95-82)64-88-57-65-38-23-17-24-39-65/h17-34,38-49,52-55,73-75,77-80,82H,2-16,35-37,50-51,56-64H2,1H3,(H,84,87)(H,85,86)/t73-,74+,75+,77-,78-,79-,80+,82-/m0/s1. The summed E-state index contributed by atoms with van der Waals surface area (Å²) in [6.45, 7) is 4.67. The first-order valence-electron chi connectivity index (χ1n) is 35.4. The number of carbonyl (C=O) groups excluding carboxylic acids is 2. The van der Waals surface area contributed by atoms with E-state index in [-0.39, 0.29) is 57.3 Å². The van der Waals surface area contributed by atoms with E-state index in [4.69, 9.17) is 37.9 Å². The highest BCUT2D eigenvalue weighted by Gasteiger charge is 2.50. The van der Waals surface area contributed by atoms with Crippen molar-refractivity contribution in [1.29, 1.82) is 0 Å². The van der Waals surface area contributed by atoms with Crippen LogP contribution < -0.4 is 10.6 Å². The van der Waals surface area contributed by atoms with Gasteiger partial charge in [0, 0.05) is 18.5 Å². The van der Waals surface area contributed by atoms with Crippen molar-refractivity contribution in [1.82, 2.24) is 10.6 Å². The minimum absolute atomic E-state index is 0.0268. The van der Waals surface area contributed by atoms with Crippen molar-refractivity contribution in [3.05, 3.63) is 251 Å². The van der Waals surface area contributed by atoms with Crippen molar-refractivity contribution in [3.8, 4) is 0 Å². The van der Waals surface area contributed by atoms with Gasteiger partial charge in [0.2, 0.25) is 5.91 Å². The average Bonchev–Trinajstić information content (AvgIpc) is 0.862. The number of nitrogens with one attached hydrogen (secondary N) is 2. The lowest BCUT2D eigenvalue weighted by Gasteiger charge is -2.46. The van der Waals surface area contributed by atoms with Crippen molar-refractivity contribution in [2.45, 2.75) is 224 Å². The monoisotopic (exact) mass is 1300 g/mol. The summed E-state index contributed by atoms with van der Waals surface area (Å²) in [5, 5.41) is 6.45. The van der Waals surface area contributed by atoms with Crippen molar-refractivity contribution < 1.29 is 51.9 Å². The van der Waals surface area contributed by atoms with E-state index in [1.165, 1.54) is 82.1 Å². The Morgan fingerprint density at radius 3 is 1.37 bits per heavy atom. The summed E-state index contributed by atoms with van der Waals surface area (Å²) in [6, 6.07) is 65.6. The molecule has 0 saturated carbocycles. The SMILES string of the molecule is CCCCCCCCCCCCCC[C@@H](OCc1ccccc1)[C@@H](OCc1ccccc1)[C@H](CO[C@H]1O[C@H](COCc2ccccc2)[C@H](OCc2ccccc2)[C@H](OCc2ccccc2)[C@H]1OCc1ccccc1)NC(=O)CCCCCCCCNC(=O)c1ccc(F)cc1. The summed E-state index contributed by atoms with van der Waals surface area (Å²) < 4.78 is 70.2. The zero-order valence-electron chi connectivity index (χ0n) is 56.2. The van der Waals surface area contributed by atoms with Crippen LogP contribution in [-0.2, 0) is 82.3 Å². The van der Waals surface area contributed by atoms with Crippen LogP contribution >= 0.6 is 0 Å². The summed E-state index contributed by atoms with van der Waals surface area (Å²) in [4.78, 5) is 27.4. The first-order valence-corrected chi connectivity index (χ1v) is 35.4. The summed E-state index contributed by atoms with van der Waals surface area (Å²) in [5.41, 5.74) is 6.44. The second-order valence-electron chi connectivity index (χ2n) is 25.2. The number of halogens is 1. The Morgan fingerprint density at radius 2 is 0.863 bits per heavy atom. The number of rotatable bonds is 48. The van der Waals surface area contributed by atoms with Gasteiger partial charge in [-0.05, 0) is 76.9 Å². The molecular formula is C82H105FN2O10. The van der Waals surface area contributed by atoms with E-state index in [0.29, 0.717) is 44.6 Å². The van der Waals surface area contributed by atoms with Gasteiger partial charge in [0.1, 0.15) is 36.3 Å². The lowest BCUT2D eigenvalue weighted by atomic mass is 9.97. The van der Waals surface area contributed by atoms with Crippen LogP contribution in [0.4, 0.5) is 4.39 Å². The fourth-order valence-corrected chi connectivity index (χ4v) is 12.2. The zero-order valence-corrected chi connectivity index (χ0v) is 56.2. The van der Waals surface area contributed by atoms with Gasteiger partial charge in [-0.1, -0.05) is 292 Å². The zero-order chi connectivity index (χ0) is 66.0. The number of unbranched alkanes of at least 4 members (excludes halogenated alkanes) is 16. The molecule has 1 saturated heterocycles. The molecule has 0 spiro atoms. The molecule has 2 N–H and O–H groups in total. The minimum Gasteiger partial charge on any atom is -0.374 e. The summed E-state index contributed by atoms with van der Waals surface area (Å²) in [5.74, 6) is -0.702. The molecule has 0 aromatic heterocycles. The maximum atomic E-state index is 14.8. The fraction of sp³-hybridized carbons (Fsp3) is 0.463. The van der Waals surface area contributed by atoms with Crippen LogP contribution in [0.5, 0.6) is 0 Å².